The number of nitrogens with zero attached hydrogens (tertiary/aromatic N) is 2. The van der Waals surface area contributed by atoms with Gasteiger partial charge in [0.15, 0.2) is 0 Å². The fourth-order valence-corrected chi connectivity index (χ4v) is 1.72. The molecule has 17 heavy (non-hydrogen) atoms. The molecule has 0 aliphatic rings. The second kappa shape index (κ2) is 6.93. The van der Waals surface area contributed by atoms with Crippen LogP contribution in [0.1, 0.15) is 20.3 Å². The molecular formula is C14H21N3. The predicted octanol–water partition coefficient (Wildman–Crippen LogP) is 2.40. The Labute approximate surface area is 104 Å². The van der Waals surface area contributed by atoms with Crippen molar-refractivity contribution in [1.82, 2.24) is 5.32 Å². The molecule has 0 spiro atoms. The minimum Gasteiger partial charge on any atom is -0.375 e. The Bertz CT molecular complexity index is 353. The van der Waals surface area contributed by atoms with Gasteiger partial charge in [-0.05, 0) is 32.4 Å². The first-order chi connectivity index (χ1) is 8.13. The van der Waals surface area contributed by atoms with E-state index in [0.29, 0.717) is 6.04 Å². The smallest absolute Gasteiger partial charge is 0.0971 e. The molecule has 1 N–H and O–H groups in total. The maximum Gasteiger partial charge on any atom is 0.0971 e. The zero-order chi connectivity index (χ0) is 12.7. The first-order valence-electron chi connectivity index (χ1n) is 6.05. The highest BCUT2D eigenvalue weighted by Crippen LogP contribution is 2.11. The third-order valence-corrected chi connectivity index (χ3v) is 2.64. The summed E-state index contributed by atoms with van der Waals surface area (Å²) in [5.41, 5.74) is 1.19. The number of para-hydroxylation sites is 1. The summed E-state index contributed by atoms with van der Waals surface area (Å²) in [4.78, 5) is 2.17. The van der Waals surface area contributed by atoms with E-state index in [1.54, 1.807) is 0 Å². The highest BCUT2D eigenvalue weighted by atomic mass is 15.1. The Morgan fingerprint density at radius 3 is 2.47 bits per heavy atom. The van der Waals surface area contributed by atoms with Gasteiger partial charge in [0.05, 0.1) is 12.1 Å². The summed E-state index contributed by atoms with van der Waals surface area (Å²) >= 11 is 0. The minimum absolute atomic E-state index is 0.0684. The third kappa shape index (κ3) is 4.88. The Morgan fingerprint density at radius 1 is 1.29 bits per heavy atom. The number of nitriles is 1. The molecule has 0 fully saturated rings. The lowest BCUT2D eigenvalue weighted by molar-refractivity contribution is 0.507. The summed E-state index contributed by atoms with van der Waals surface area (Å²) in [5, 5.41) is 12.3. The number of rotatable bonds is 6. The molecule has 3 heteroatoms. The van der Waals surface area contributed by atoms with Crippen LogP contribution in [0, 0.1) is 11.3 Å². The van der Waals surface area contributed by atoms with Crippen LogP contribution in [0.5, 0.6) is 0 Å². The molecule has 1 aromatic carbocycles. The molecule has 0 radical (unpaired) electrons. The molecule has 1 atom stereocenters. The quantitative estimate of drug-likeness (QED) is 0.817. The Morgan fingerprint density at radius 2 is 1.94 bits per heavy atom. The topological polar surface area (TPSA) is 39.1 Å². The summed E-state index contributed by atoms with van der Waals surface area (Å²) in [7, 11) is 2.05. The van der Waals surface area contributed by atoms with E-state index < -0.39 is 0 Å². The van der Waals surface area contributed by atoms with Crippen molar-refractivity contribution >= 4 is 5.69 Å². The molecule has 0 saturated carbocycles. The van der Waals surface area contributed by atoms with E-state index in [1.807, 2.05) is 18.2 Å². The van der Waals surface area contributed by atoms with Crippen LogP contribution >= 0.6 is 0 Å². The molecule has 3 nitrogen and oxygen atoms in total. The lowest BCUT2D eigenvalue weighted by Gasteiger charge is -2.22. The van der Waals surface area contributed by atoms with Crippen molar-refractivity contribution in [2.45, 2.75) is 32.4 Å². The van der Waals surface area contributed by atoms with Crippen LogP contribution in [0.3, 0.4) is 0 Å². The average Bonchev–Trinajstić information content (AvgIpc) is 2.34. The van der Waals surface area contributed by atoms with Gasteiger partial charge in [-0.3, -0.25) is 5.32 Å². The van der Waals surface area contributed by atoms with Crippen LogP contribution in [-0.4, -0.2) is 25.7 Å². The van der Waals surface area contributed by atoms with Gasteiger partial charge in [-0.25, -0.2) is 0 Å². The molecule has 1 unspecified atom stereocenters. The van der Waals surface area contributed by atoms with Gasteiger partial charge in [-0.2, -0.15) is 5.26 Å². The molecule has 92 valence electrons. The monoisotopic (exact) mass is 231 g/mol. The fourth-order valence-electron chi connectivity index (χ4n) is 1.72. The van der Waals surface area contributed by atoms with E-state index in [9.17, 15) is 0 Å². The first kappa shape index (κ1) is 13.5. The fraction of sp³-hybridized carbons (Fsp3) is 0.500. The van der Waals surface area contributed by atoms with Gasteiger partial charge in [-0.15, -0.1) is 0 Å². The maximum absolute atomic E-state index is 9.03. The number of nitrogens with one attached hydrogen (secondary N) is 1. The maximum atomic E-state index is 9.03. The highest BCUT2D eigenvalue weighted by molar-refractivity contribution is 5.44. The van der Waals surface area contributed by atoms with Gasteiger partial charge in [0.1, 0.15) is 0 Å². The number of hydrogen-bond donors (Lipinski definition) is 1. The molecule has 0 aliphatic carbocycles. The Hall–Kier alpha value is -1.53. The molecule has 0 saturated heterocycles. The Balaban J connectivity index is 2.42. The summed E-state index contributed by atoms with van der Waals surface area (Å²) in [5.74, 6) is 0. The van der Waals surface area contributed by atoms with E-state index in [0.717, 1.165) is 13.0 Å². The lowest BCUT2D eigenvalue weighted by Crippen LogP contribution is -2.36. The van der Waals surface area contributed by atoms with Crippen molar-refractivity contribution in [3.63, 3.8) is 0 Å². The summed E-state index contributed by atoms with van der Waals surface area (Å²) in [6.07, 6.45) is 0.833. The lowest BCUT2D eigenvalue weighted by atomic mass is 10.2. The zero-order valence-corrected chi connectivity index (χ0v) is 10.9. The summed E-state index contributed by atoms with van der Waals surface area (Å²) in [6, 6.07) is 12.8. The Kier molecular flexibility index (Phi) is 5.51. The SMILES string of the molecule is CC(C)NC(C#N)CCN(C)c1ccccc1. The van der Waals surface area contributed by atoms with E-state index in [1.165, 1.54) is 5.69 Å². The largest absolute Gasteiger partial charge is 0.375 e. The van der Waals surface area contributed by atoms with E-state index in [-0.39, 0.29) is 6.04 Å². The molecule has 0 heterocycles. The van der Waals surface area contributed by atoms with Gasteiger partial charge in [-0.1, -0.05) is 18.2 Å². The van der Waals surface area contributed by atoms with E-state index >= 15 is 0 Å². The molecule has 1 aromatic rings. The second-order valence-corrected chi connectivity index (χ2v) is 4.55. The molecular weight excluding hydrogens is 210 g/mol. The van der Waals surface area contributed by atoms with Crippen LogP contribution in [-0.2, 0) is 0 Å². The van der Waals surface area contributed by atoms with Crippen molar-refractivity contribution in [2.75, 3.05) is 18.5 Å². The van der Waals surface area contributed by atoms with E-state index in [2.05, 4.69) is 49.3 Å². The highest BCUT2D eigenvalue weighted by Gasteiger charge is 2.09. The van der Waals surface area contributed by atoms with Crippen molar-refractivity contribution in [1.29, 1.82) is 5.26 Å². The van der Waals surface area contributed by atoms with Crippen LogP contribution < -0.4 is 10.2 Å². The van der Waals surface area contributed by atoms with Gasteiger partial charge >= 0.3 is 0 Å². The zero-order valence-electron chi connectivity index (χ0n) is 10.9. The van der Waals surface area contributed by atoms with E-state index in [4.69, 9.17) is 5.26 Å². The second-order valence-electron chi connectivity index (χ2n) is 4.55. The van der Waals surface area contributed by atoms with Crippen molar-refractivity contribution in [3.05, 3.63) is 30.3 Å². The van der Waals surface area contributed by atoms with Crippen molar-refractivity contribution in [2.24, 2.45) is 0 Å². The average molecular weight is 231 g/mol. The van der Waals surface area contributed by atoms with Gasteiger partial charge in [0.2, 0.25) is 0 Å². The van der Waals surface area contributed by atoms with Crippen LogP contribution in [0.4, 0.5) is 5.69 Å². The predicted molar refractivity (Wildman–Crippen MR) is 72.0 cm³/mol. The molecule has 0 aliphatic heterocycles. The number of benzene rings is 1. The van der Waals surface area contributed by atoms with Gasteiger partial charge in [0.25, 0.3) is 0 Å². The summed E-state index contributed by atoms with van der Waals surface area (Å²) in [6.45, 7) is 5.00. The molecule has 0 bridgehead atoms. The van der Waals surface area contributed by atoms with Crippen LogP contribution in [0.15, 0.2) is 30.3 Å². The number of anilines is 1. The summed E-state index contributed by atoms with van der Waals surface area (Å²) < 4.78 is 0. The minimum atomic E-state index is -0.0684. The van der Waals surface area contributed by atoms with Crippen molar-refractivity contribution < 1.29 is 0 Å². The van der Waals surface area contributed by atoms with Gasteiger partial charge < -0.3 is 4.90 Å². The standard InChI is InChI=1S/C14H21N3/c1-12(2)16-13(11-15)9-10-17(3)14-7-5-4-6-8-14/h4-8,12-13,16H,9-10H2,1-3H3. The molecule has 0 amide bonds. The van der Waals surface area contributed by atoms with Gasteiger partial charge in [0, 0.05) is 25.3 Å². The first-order valence-corrected chi connectivity index (χ1v) is 6.05. The molecule has 1 rings (SSSR count). The van der Waals surface area contributed by atoms with Crippen LogP contribution in [0.2, 0.25) is 0 Å². The number of hydrogen-bond acceptors (Lipinski definition) is 3. The van der Waals surface area contributed by atoms with Crippen LogP contribution in [0.25, 0.3) is 0 Å². The third-order valence-electron chi connectivity index (χ3n) is 2.64. The molecule has 0 aromatic heterocycles. The van der Waals surface area contributed by atoms with Crippen molar-refractivity contribution in [3.8, 4) is 6.07 Å². The normalized spacial score (nSPS) is 12.2.